The number of hydrogen-bond acceptors (Lipinski definition) is 5. The molecule has 1 unspecified atom stereocenters. The quantitative estimate of drug-likeness (QED) is 0.429. The number of piperidine rings is 1. The fraction of sp³-hybridized carbons (Fsp3) is 0.519. The Bertz CT molecular complexity index is 996. The van der Waals surface area contributed by atoms with E-state index in [4.69, 9.17) is 0 Å². The molecule has 8 heteroatoms. The summed E-state index contributed by atoms with van der Waals surface area (Å²) in [6, 6.07) is 17.1. The second-order valence-electron chi connectivity index (χ2n) is 9.69. The molecule has 0 bridgehead atoms. The lowest BCUT2D eigenvalue weighted by Gasteiger charge is -2.44. The average molecular weight is 499 g/mol. The zero-order valence-corrected chi connectivity index (χ0v) is 21.7. The van der Waals surface area contributed by atoms with Gasteiger partial charge in [-0.3, -0.25) is 10.0 Å². The molecule has 2 N–H and O–H groups in total. The van der Waals surface area contributed by atoms with Crippen molar-refractivity contribution in [3.05, 3.63) is 59.7 Å². The van der Waals surface area contributed by atoms with E-state index in [1.165, 1.54) is 29.7 Å². The lowest BCUT2D eigenvalue weighted by Crippen LogP contribution is -2.61. The summed E-state index contributed by atoms with van der Waals surface area (Å²) >= 11 is 0. The molecule has 0 aliphatic carbocycles. The normalized spacial score (nSPS) is 19.4. The van der Waals surface area contributed by atoms with Gasteiger partial charge >= 0.3 is 0 Å². The van der Waals surface area contributed by atoms with Crippen LogP contribution in [0.25, 0.3) is 0 Å². The predicted octanol–water partition coefficient (Wildman–Crippen LogP) is 3.67. The van der Waals surface area contributed by atoms with Gasteiger partial charge in [-0.2, -0.15) is 0 Å². The highest BCUT2D eigenvalue weighted by atomic mass is 32.2. The van der Waals surface area contributed by atoms with E-state index in [1.807, 2.05) is 9.79 Å². The van der Waals surface area contributed by atoms with Crippen LogP contribution in [-0.2, 0) is 22.2 Å². The van der Waals surface area contributed by atoms with Gasteiger partial charge in [0.25, 0.3) is 5.91 Å². The molecule has 2 aromatic rings. The molecule has 1 atom stereocenters. The number of aryl methyl sites for hydroxylation is 2. The zero-order valence-electron chi connectivity index (χ0n) is 20.9. The van der Waals surface area contributed by atoms with E-state index < -0.39 is 21.6 Å². The van der Waals surface area contributed by atoms with Crippen molar-refractivity contribution in [1.82, 2.24) is 9.79 Å². The molecular weight excluding hydrogens is 460 g/mol. The van der Waals surface area contributed by atoms with Gasteiger partial charge in [-0.15, -0.1) is 0 Å². The maximum Gasteiger partial charge on any atom is 0.263 e. The van der Waals surface area contributed by atoms with Crippen molar-refractivity contribution < 1.29 is 14.2 Å². The summed E-state index contributed by atoms with van der Waals surface area (Å²) in [6.45, 7) is 8.25. The van der Waals surface area contributed by atoms with Gasteiger partial charge in [0.1, 0.15) is 15.7 Å². The van der Waals surface area contributed by atoms with Crippen LogP contribution in [0.5, 0.6) is 0 Å². The Hall–Kier alpha value is -2.42. The van der Waals surface area contributed by atoms with Crippen molar-refractivity contribution in [1.29, 1.82) is 0 Å². The third kappa shape index (κ3) is 5.71. The van der Waals surface area contributed by atoms with E-state index in [9.17, 15) is 14.2 Å². The first-order valence-corrected chi connectivity index (χ1v) is 13.8. The molecule has 2 saturated heterocycles. The second-order valence-corrected chi connectivity index (χ2v) is 11.5. The van der Waals surface area contributed by atoms with Crippen molar-refractivity contribution in [3.8, 4) is 0 Å². The van der Waals surface area contributed by atoms with Crippen LogP contribution in [0.1, 0.15) is 43.7 Å². The molecule has 2 aromatic carbocycles. The number of unbranched alkanes of at least 4 members (excludes halogenated alkanes) is 1. The average Bonchev–Trinajstić information content (AvgIpc) is 2.92. The van der Waals surface area contributed by atoms with Crippen molar-refractivity contribution in [3.63, 3.8) is 0 Å². The topological polar surface area (TPSA) is 76.1 Å². The Morgan fingerprint density at radius 1 is 0.914 bits per heavy atom. The summed E-state index contributed by atoms with van der Waals surface area (Å²) in [7, 11) is -1.53. The van der Waals surface area contributed by atoms with Crippen molar-refractivity contribution in [2.24, 2.45) is 0 Å². The molecule has 4 rings (SSSR count). The van der Waals surface area contributed by atoms with Gasteiger partial charge in [0.15, 0.2) is 0 Å². The van der Waals surface area contributed by atoms with Crippen molar-refractivity contribution in [2.75, 3.05) is 49.1 Å². The largest absolute Gasteiger partial charge is 0.371 e. The monoisotopic (exact) mass is 498 g/mol. The van der Waals surface area contributed by atoms with E-state index in [2.05, 4.69) is 72.2 Å². The molecule has 7 nitrogen and oxygen atoms in total. The summed E-state index contributed by atoms with van der Waals surface area (Å²) < 4.78 is 14.6. The van der Waals surface area contributed by atoms with Crippen LogP contribution in [0.15, 0.2) is 48.5 Å². The molecule has 0 spiro atoms. The summed E-state index contributed by atoms with van der Waals surface area (Å²) in [5.41, 5.74) is 6.68. The number of carbonyl (C=O) groups is 1. The first-order chi connectivity index (χ1) is 17.0. The van der Waals surface area contributed by atoms with Crippen LogP contribution in [0.3, 0.4) is 0 Å². The summed E-state index contributed by atoms with van der Waals surface area (Å²) in [6.07, 6.45) is 4.37. The number of carbonyl (C=O) groups excluding carboxylic acids is 1. The van der Waals surface area contributed by atoms with Gasteiger partial charge in [-0.1, -0.05) is 43.2 Å². The van der Waals surface area contributed by atoms with Gasteiger partial charge < -0.3 is 9.80 Å². The standard InChI is InChI=1S/C27H38N4O3S/c1-3-4-5-23-8-12-25(13-9-23)30-18-20-31(21-19-30)35(34)27(26(32)28-33)14-16-29(17-15-27)24-10-6-22(2)7-11-24/h6-13,33H,3-5,14-21H2,1-2H3,(H,28,32). The highest BCUT2D eigenvalue weighted by Crippen LogP contribution is 2.34. The molecule has 35 heavy (non-hydrogen) atoms. The fourth-order valence-corrected chi connectivity index (χ4v) is 6.80. The first-order valence-electron chi connectivity index (χ1n) is 12.7. The first kappa shape index (κ1) is 25.7. The number of anilines is 2. The Morgan fingerprint density at radius 3 is 2.00 bits per heavy atom. The van der Waals surface area contributed by atoms with Gasteiger partial charge in [0, 0.05) is 50.6 Å². The smallest absolute Gasteiger partial charge is 0.263 e. The molecule has 1 amide bonds. The number of hydroxylamine groups is 1. The molecule has 0 saturated carbocycles. The molecule has 0 aromatic heterocycles. The van der Waals surface area contributed by atoms with E-state index in [-0.39, 0.29) is 0 Å². The maximum absolute atomic E-state index is 13.8. The Balaban J connectivity index is 1.38. The zero-order chi connectivity index (χ0) is 24.8. The van der Waals surface area contributed by atoms with Crippen LogP contribution in [-0.4, -0.2) is 63.6 Å². The van der Waals surface area contributed by atoms with Crippen LogP contribution in [0.4, 0.5) is 11.4 Å². The second kappa shape index (κ2) is 11.5. The summed E-state index contributed by atoms with van der Waals surface area (Å²) in [5, 5.41) is 9.51. The van der Waals surface area contributed by atoms with Crippen LogP contribution in [0.2, 0.25) is 0 Å². The van der Waals surface area contributed by atoms with Crippen LogP contribution in [0, 0.1) is 6.92 Å². The molecule has 2 fully saturated rings. The molecule has 2 aliphatic rings. The number of benzene rings is 2. The Kier molecular flexibility index (Phi) is 8.46. The third-order valence-corrected chi connectivity index (χ3v) is 9.51. The fourth-order valence-electron chi connectivity index (χ4n) is 5.08. The number of nitrogens with one attached hydrogen (secondary N) is 1. The minimum absolute atomic E-state index is 0.430. The summed E-state index contributed by atoms with van der Waals surface area (Å²) in [4.78, 5) is 17.4. The van der Waals surface area contributed by atoms with Gasteiger partial charge in [0.05, 0.1) is 0 Å². The van der Waals surface area contributed by atoms with E-state index >= 15 is 0 Å². The molecular formula is C27H38N4O3S. The molecule has 2 aliphatic heterocycles. The summed E-state index contributed by atoms with van der Waals surface area (Å²) in [5.74, 6) is -0.538. The van der Waals surface area contributed by atoms with E-state index in [0.29, 0.717) is 39.0 Å². The third-order valence-electron chi connectivity index (χ3n) is 7.41. The van der Waals surface area contributed by atoms with Crippen LogP contribution < -0.4 is 15.3 Å². The Morgan fingerprint density at radius 2 is 1.46 bits per heavy atom. The van der Waals surface area contributed by atoms with Gasteiger partial charge in [-0.05, 0) is 62.4 Å². The number of piperazine rings is 1. The number of hydrogen-bond donors (Lipinski definition) is 2. The minimum atomic E-state index is -1.53. The number of rotatable bonds is 8. The SMILES string of the molecule is CCCCc1ccc(N2CCN(S(=O)C3(C(=O)NO)CCN(c4ccc(C)cc4)CC3)CC2)cc1. The van der Waals surface area contributed by atoms with Crippen LogP contribution >= 0.6 is 0 Å². The Labute approximate surface area is 211 Å². The lowest BCUT2D eigenvalue weighted by atomic mass is 9.94. The van der Waals surface area contributed by atoms with E-state index in [0.717, 1.165) is 25.2 Å². The predicted molar refractivity (Wildman–Crippen MR) is 142 cm³/mol. The van der Waals surface area contributed by atoms with Gasteiger partial charge in [-0.25, -0.2) is 14.0 Å². The van der Waals surface area contributed by atoms with Crippen molar-refractivity contribution >= 4 is 28.3 Å². The lowest BCUT2D eigenvalue weighted by molar-refractivity contribution is -0.132. The minimum Gasteiger partial charge on any atom is -0.371 e. The number of amides is 1. The highest BCUT2D eigenvalue weighted by molar-refractivity contribution is 7.85. The van der Waals surface area contributed by atoms with Gasteiger partial charge in [0.2, 0.25) is 0 Å². The van der Waals surface area contributed by atoms with Crippen molar-refractivity contribution in [2.45, 2.75) is 50.7 Å². The number of nitrogens with zero attached hydrogens (tertiary/aromatic N) is 3. The van der Waals surface area contributed by atoms with E-state index in [1.54, 1.807) is 0 Å². The highest BCUT2D eigenvalue weighted by Gasteiger charge is 2.49. The molecule has 2 heterocycles. The molecule has 0 radical (unpaired) electrons. The molecule has 190 valence electrons. The maximum atomic E-state index is 13.8.